The summed E-state index contributed by atoms with van der Waals surface area (Å²) in [7, 11) is 0. The molecule has 1 aromatic heterocycles. The molecule has 0 aliphatic rings. The largest absolute Gasteiger partial charge is 0.465 e. The zero-order valence-corrected chi connectivity index (χ0v) is 8.89. The van der Waals surface area contributed by atoms with Crippen LogP contribution >= 0.6 is 0 Å². The van der Waals surface area contributed by atoms with Crippen LogP contribution in [0.2, 0.25) is 0 Å². The van der Waals surface area contributed by atoms with Crippen molar-refractivity contribution in [2.75, 3.05) is 6.54 Å². The van der Waals surface area contributed by atoms with Crippen LogP contribution in [-0.4, -0.2) is 6.54 Å². The van der Waals surface area contributed by atoms with Crippen LogP contribution in [0.15, 0.2) is 16.5 Å². The minimum absolute atomic E-state index is 0.797. The Labute approximate surface area is 85.7 Å². The van der Waals surface area contributed by atoms with Gasteiger partial charge in [0.05, 0.1) is 6.54 Å². The first-order valence-corrected chi connectivity index (χ1v) is 5.04. The van der Waals surface area contributed by atoms with Gasteiger partial charge in [-0.1, -0.05) is 6.92 Å². The fourth-order valence-corrected chi connectivity index (χ4v) is 1.19. The molecule has 0 unspecified atom stereocenters. The van der Waals surface area contributed by atoms with Crippen LogP contribution in [0.4, 0.5) is 0 Å². The molecular weight excluding hydrogens is 174 g/mol. The number of rotatable bonds is 5. The van der Waals surface area contributed by atoms with E-state index in [-0.39, 0.29) is 0 Å². The highest BCUT2D eigenvalue weighted by molar-refractivity contribution is 5.06. The first-order chi connectivity index (χ1) is 6.86. The number of furan rings is 1. The second-order valence-corrected chi connectivity index (χ2v) is 3.08. The van der Waals surface area contributed by atoms with Gasteiger partial charge in [-0.05, 0) is 19.1 Å². The minimum Gasteiger partial charge on any atom is -0.465 e. The molecule has 0 aliphatic heterocycles. The van der Waals surface area contributed by atoms with Gasteiger partial charge < -0.3 is 9.73 Å². The standard InChI is InChI=1S/C12H17NO/c1-3-5-6-9-13-10-12-8-7-11(4-2)14-12/h7-8,13H,4,6,9-10H2,1-2H3. The van der Waals surface area contributed by atoms with E-state index in [4.69, 9.17) is 4.42 Å². The molecule has 0 saturated heterocycles. The average molecular weight is 191 g/mol. The van der Waals surface area contributed by atoms with Crippen LogP contribution in [0.1, 0.15) is 31.8 Å². The summed E-state index contributed by atoms with van der Waals surface area (Å²) in [5.74, 6) is 7.93. The highest BCUT2D eigenvalue weighted by atomic mass is 16.3. The summed E-state index contributed by atoms with van der Waals surface area (Å²) in [6.07, 6.45) is 1.86. The summed E-state index contributed by atoms with van der Waals surface area (Å²) in [4.78, 5) is 0. The molecule has 0 spiro atoms. The van der Waals surface area contributed by atoms with Crippen LogP contribution in [0.25, 0.3) is 0 Å². The maximum atomic E-state index is 5.54. The van der Waals surface area contributed by atoms with Gasteiger partial charge in [-0.3, -0.25) is 0 Å². The highest BCUT2D eigenvalue weighted by Gasteiger charge is 1.98. The third-order valence-corrected chi connectivity index (χ3v) is 1.97. The Hall–Kier alpha value is -1.20. The monoisotopic (exact) mass is 191 g/mol. The molecule has 2 heteroatoms. The van der Waals surface area contributed by atoms with E-state index < -0.39 is 0 Å². The van der Waals surface area contributed by atoms with E-state index in [9.17, 15) is 0 Å². The second kappa shape index (κ2) is 6.28. The lowest BCUT2D eigenvalue weighted by Crippen LogP contribution is -2.13. The van der Waals surface area contributed by atoms with Crippen molar-refractivity contribution in [1.82, 2.24) is 5.32 Å². The zero-order chi connectivity index (χ0) is 10.2. The number of nitrogens with one attached hydrogen (secondary N) is 1. The third kappa shape index (κ3) is 3.68. The number of hydrogen-bond acceptors (Lipinski definition) is 2. The highest BCUT2D eigenvalue weighted by Crippen LogP contribution is 2.07. The predicted molar refractivity (Wildman–Crippen MR) is 57.9 cm³/mol. The van der Waals surface area contributed by atoms with Crippen LogP contribution in [-0.2, 0) is 13.0 Å². The van der Waals surface area contributed by atoms with Crippen molar-refractivity contribution >= 4 is 0 Å². The van der Waals surface area contributed by atoms with Gasteiger partial charge in [0.25, 0.3) is 0 Å². The van der Waals surface area contributed by atoms with E-state index in [0.717, 1.165) is 37.5 Å². The number of aryl methyl sites for hydroxylation is 1. The van der Waals surface area contributed by atoms with E-state index in [0.29, 0.717) is 0 Å². The van der Waals surface area contributed by atoms with Crippen molar-refractivity contribution in [3.05, 3.63) is 23.7 Å². The molecule has 76 valence electrons. The zero-order valence-electron chi connectivity index (χ0n) is 8.89. The first-order valence-electron chi connectivity index (χ1n) is 5.04. The summed E-state index contributed by atoms with van der Waals surface area (Å²) < 4.78 is 5.54. The van der Waals surface area contributed by atoms with Crippen molar-refractivity contribution < 1.29 is 4.42 Å². The molecule has 0 aromatic carbocycles. The predicted octanol–water partition coefficient (Wildman–Crippen LogP) is 2.35. The molecule has 1 rings (SSSR count). The maximum absolute atomic E-state index is 5.54. The SMILES string of the molecule is CC#CCCNCc1ccc(CC)o1. The molecule has 2 nitrogen and oxygen atoms in total. The molecule has 1 N–H and O–H groups in total. The van der Waals surface area contributed by atoms with Gasteiger partial charge in [-0.15, -0.1) is 11.8 Å². The Morgan fingerprint density at radius 3 is 2.79 bits per heavy atom. The molecule has 0 amide bonds. The van der Waals surface area contributed by atoms with Crippen molar-refractivity contribution in [2.24, 2.45) is 0 Å². The second-order valence-electron chi connectivity index (χ2n) is 3.08. The Kier molecular flexibility index (Phi) is 4.88. The quantitative estimate of drug-likeness (QED) is 0.571. The smallest absolute Gasteiger partial charge is 0.117 e. The van der Waals surface area contributed by atoms with Crippen molar-refractivity contribution in [3.63, 3.8) is 0 Å². The molecule has 0 atom stereocenters. The van der Waals surface area contributed by atoms with Crippen LogP contribution in [0, 0.1) is 11.8 Å². The topological polar surface area (TPSA) is 25.2 Å². The number of hydrogen-bond donors (Lipinski definition) is 1. The summed E-state index contributed by atoms with van der Waals surface area (Å²) in [6.45, 7) is 5.67. The molecule has 0 saturated carbocycles. The Balaban J connectivity index is 2.20. The lowest BCUT2D eigenvalue weighted by Gasteiger charge is -1.98. The van der Waals surface area contributed by atoms with Gasteiger partial charge in [0, 0.05) is 19.4 Å². The van der Waals surface area contributed by atoms with Crippen molar-refractivity contribution in [2.45, 2.75) is 33.2 Å². The molecule has 1 heterocycles. The van der Waals surface area contributed by atoms with Gasteiger partial charge in [0.1, 0.15) is 11.5 Å². The van der Waals surface area contributed by atoms with E-state index in [1.807, 2.05) is 19.1 Å². The van der Waals surface area contributed by atoms with E-state index >= 15 is 0 Å². The molecule has 0 fully saturated rings. The molecular formula is C12H17NO. The first kappa shape index (κ1) is 10.9. The molecule has 0 radical (unpaired) electrons. The molecule has 1 aromatic rings. The van der Waals surface area contributed by atoms with Crippen LogP contribution < -0.4 is 5.32 Å². The van der Waals surface area contributed by atoms with Gasteiger partial charge in [0.2, 0.25) is 0 Å². The Morgan fingerprint density at radius 2 is 2.14 bits per heavy atom. The van der Waals surface area contributed by atoms with Crippen LogP contribution in [0.5, 0.6) is 0 Å². The lowest BCUT2D eigenvalue weighted by atomic mass is 10.3. The summed E-state index contributed by atoms with van der Waals surface area (Å²) >= 11 is 0. The van der Waals surface area contributed by atoms with E-state index in [2.05, 4.69) is 24.1 Å². The van der Waals surface area contributed by atoms with Gasteiger partial charge in [-0.25, -0.2) is 0 Å². The molecule has 0 aliphatic carbocycles. The molecule has 14 heavy (non-hydrogen) atoms. The van der Waals surface area contributed by atoms with Crippen LogP contribution in [0.3, 0.4) is 0 Å². The third-order valence-electron chi connectivity index (χ3n) is 1.97. The van der Waals surface area contributed by atoms with Gasteiger partial charge in [-0.2, -0.15) is 0 Å². The summed E-state index contributed by atoms with van der Waals surface area (Å²) in [5, 5.41) is 3.28. The summed E-state index contributed by atoms with van der Waals surface area (Å²) in [5.41, 5.74) is 0. The summed E-state index contributed by atoms with van der Waals surface area (Å²) in [6, 6.07) is 4.06. The normalized spacial score (nSPS) is 9.57. The average Bonchev–Trinajstić information content (AvgIpc) is 2.65. The van der Waals surface area contributed by atoms with Crippen molar-refractivity contribution in [3.8, 4) is 11.8 Å². The fourth-order valence-electron chi connectivity index (χ4n) is 1.19. The van der Waals surface area contributed by atoms with Crippen molar-refractivity contribution in [1.29, 1.82) is 0 Å². The van der Waals surface area contributed by atoms with Gasteiger partial charge >= 0.3 is 0 Å². The molecule has 0 bridgehead atoms. The van der Waals surface area contributed by atoms with Gasteiger partial charge in [0.15, 0.2) is 0 Å². The minimum atomic E-state index is 0.797. The van der Waals surface area contributed by atoms with E-state index in [1.54, 1.807) is 0 Å². The fraction of sp³-hybridized carbons (Fsp3) is 0.500. The lowest BCUT2D eigenvalue weighted by molar-refractivity contribution is 0.452. The Bertz CT molecular complexity index is 317. The maximum Gasteiger partial charge on any atom is 0.117 e. The Morgan fingerprint density at radius 1 is 1.36 bits per heavy atom. The van der Waals surface area contributed by atoms with E-state index in [1.165, 1.54) is 0 Å².